The predicted octanol–water partition coefficient (Wildman–Crippen LogP) is 2.51. The van der Waals surface area contributed by atoms with Crippen molar-refractivity contribution in [1.82, 2.24) is 0 Å². The lowest BCUT2D eigenvalue weighted by atomic mass is 10.1. The van der Waals surface area contributed by atoms with Gasteiger partial charge in [-0.1, -0.05) is 12.1 Å². The number of benzene rings is 2. The van der Waals surface area contributed by atoms with Crippen molar-refractivity contribution in [2.75, 3.05) is 23.4 Å². The number of fused-ring (bicyclic) bond motifs is 1. The number of hydrogen-bond donors (Lipinski definition) is 1. The van der Waals surface area contributed by atoms with Crippen molar-refractivity contribution in [2.45, 2.75) is 19.4 Å². The van der Waals surface area contributed by atoms with Gasteiger partial charge in [-0.25, -0.2) is 4.39 Å². The van der Waals surface area contributed by atoms with Gasteiger partial charge in [-0.15, -0.1) is 0 Å². The fraction of sp³-hybridized carbons (Fsp3) is 0.250. The fourth-order valence-corrected chi connectivity index (χ4v) is 2.78. The standard InChI is InChI=1S/C20H19FN2O5/c1-2-23(14-9-7-13(21)8-10-14)18(24)12-27-19(25)11-17-20(26)22-15-5-3-4-6-16(15)28-17/h3-10,17H,2,11-12H2,1H3,(H,22,26)/t17-/m1/s1. The van der Waals surface area contributed by atoms with Crippen molar-refractivity contribution in [2.24, 2.45) is 0 Å². The molecule has 8 heteroatoms. The molecule has 3 rings (SSSR count). The molecule has 1 atom stereocenters. The molecule has 0 spiro atoms. The first-order valence-corrected chi connectivity index (χ1v) is 8.76. The minimum Gasteiger partial charge on any atom is -0.478 e. The Morgan fingerprint density at radius 2 is 1.89 bits per heavy atom. The number of nitrogens with zero attached hydrogens (tertiary/aromatic N) is 1. The van der Waals surface area contributed by atoms with Gasteiger partial charge in [0.1, 0.15) is 11.6 Å². The Morgan fingerprint density at radius 1 is 1.18 bits per heavy atom. The van der Waals surface area contributed by atoms with Gasteiger partial charge in [0.2, 0.25) is 0 Å². The Bertz CT molecular complexity index is 884. The van der Waals surface area contributed by atoms with E-state index in [9.17, 15) is 18.8 Å². The molecule has 7 nitrogen and oxygen atoms in total. The summed E-state index contributed by atoms with van der Waals surface area (Å²) in [5.41, 5.74) is 1.03. The van der Waals surface area contributed by atoms with Crippen LogP contribution in [-0.4, -0.2) is 37.0 Å². The third-order valence-corrected chi connectivity index (χ3v) is 4.17. The minimum atomic E-state index is -1.03. The van der Waals surface area contributed by atoms with Crippen LogP contribution in [-0.2, 0) is 19.1 Å². The quantitative estimate of drug-likeness (QED) is 0.771. The smallest absolute Gasteiger partial charge is 0.310 e. The van der Waals surface area contributed by atoms with Crippen molar-refractivity contribution in [3.8, 4) is 5.75 Å². The van der Waals surface area contributed by atoms with Crippen LogP contribution in [0.2, 0.25) is 0 Å². The Labute approximate surface area is 161 Å². The second-order valence-electron chi connectivity index (χ2n) is 6.07. The Hall–Kier alpha value is -3.42. The average molecular weight is 386 g/mol. The van der Waals surface area contributed by atoms with Crippen LogP contribution in [0, 0.1) is 5.82 Å². The number of esters is 1. The maximum atomic E-state index is 13.0. The number of carbonyl (C=O) groups is 3. The molecule has 0 saturated heterocycles. The van der Waals surface area contributed by atoms with E-state index in [1.54, 1.807) is 31.2 Å². The summed E-state index contributed by atoms with van der Waals surface area (Å²) in [5.74, 6) is -1.59. The molecule has 1 aliphatic rings. The number of ether oxygens (including phenoxy) is 2. The van der Waals surface area contributed by atoms with Gasteiger partial charge >= 0.3 is 5.97 Å². The molecule has 0 aliphatic carbocycles. The Morgan fingerprint density at radius 3 is 2.61 bits per heavy atom. The summed E-state index contributed by atoms with van der Waals surface area (Å²) >= 11 is 0. The number of para-hydroxylation sites is 2. The topological polar surface area (TPSA) is 84.9 Å². The molecule has 2 aromatic rings. The summed E-state index contributed by atoms with van der Waals surface area (Å²) in [4.78, 5) is 37.8. The molecule has 0 aromatic heterocycles. The molecular weight excluding hydrogens is 367 g/mol. The molecule has 1 heterocycles. The lowest BCUT2D eigenvalue weighted by molar-refractivity contribution is -0.150. The molecule has 0 radical (unpaired) electrons. The second-order valence-corrected chi connectivity index (χ2v) is 6.07. The van der Waals surface area contributed by atoms with Crippen molar-refractivity contribution < 1.29 is 28.2 Å². The SMILES string of the molecule is CCN(C(=O)COC(=O)C[C@H]1Oc2ccccc2NC1=O)c1ccc(F)cc1. The summed E-state index contributed by atoms with van der Waals surface area (Å²) < 4.78 is 23.6. The maximum absolute atomic E-state index is 13.0. The first-order chi connectivity index (χ1) is 13.5. The zero-order chi connectivity index (χ0) is 20.1. The third-order valence-electron chi connectivity index (χ3n) is 4.17. The van der Waals surface area contributed by atoms with Gasteiger partial charge < -0.3 is 19.7 Å². The summed E-state index contributed by atoms with van der Waals surface area (Å²) in [6, 6.07) is 12.3. The second kappa shape index (κ2) is 8.51. The van der Waals surface area contributed by atoms with E-state index in [1.165, 1.54) is 29.2 Å². The highest BCUT2D eigenvalue weighted by molar-refractivity contribution is 6.00. The summed E-state index contributed by atoms with van der Waals surface area (Å²) in [7, 11) is 0. The normalized spacial score (nSPS) is 15.1. The van der Waals surface area contributed by atoms with Crippen LogP contribution >= 0.6 is 0 Å². The van der Waals surface area contributed by atoms with E-state index in [0.29, 0.717) is 23.7 Å². The third kappa shape index (κ3) is 4.46. The molecular formula is C20H19FN2O5. The van der Waals surface area contributed by atoms with Crippen LogP contribution < -0.4 is 15.0 Å². The lowest BCUT2D eigenvalue weighted by Crippen LogP contribution is -2.39. The van der Waals surface area contributed by atoms with Crippen molar-refractivity contribution in [3.63, 3.8) is 0 Å². The van der Waals surface area contributed by atoms with E-state index in [1.807, 2.05) is 0 Å². The zero-order valence-electron chi connectivity index (χ0n) is 15.2. The summed E-state index contributed by atoms with van der Waals surface area (Å²) in [5, 5.41) is 2.66. The monoisotopic (exact) mass is 386 g/mol. The van der Waals surface area contributed by atoms with Gasteiger partial charge in [-0.2, -0.15) is 0 Å². The Kier molecular flexibility index (Phi) is 5.88. The number of halogens is 1. The molecule has 1 N–H and O–H groups in total. The van der Waals surface area contributed by atoms with Crippen molar-refractivity contribution >= 4 is 29.2 Å². The first-order valence-electron chi connectivity index (χ1n) is 8.76. The van der Waals surface area contributed by atoms with Gasteiger partial charge in [0.15, 0.2) is 12.7 Å². The predicted molar refractivity (Wildman–Crippen MR) is 99.5 cm³/mol. The van der Waals surface area contributed by atoms with Gasteiger partial charge in [0.05, 0.1) is 12.1 Å². The summed E-state index contributed by atoms with van der Waals surface area (Å²) in [6.45, 7) is 1.59. The molecule has 1 aliphatic heterocycles. The van der Waals surface area contributed by atoms with Crippen LogP contribution in [0.15, 0.2) is 48.5 Å². The van der Waals surface area contributed by atoms with Crippen LogP contribution in [0.5, 0.6) is 5.75 Å². The number of anilines is 2. The van der Waals surface area contributed by atoms with E-state index in [4.69, 9.17) is 9.47 Å². The molecule has 28 heavy (non-hydrogen) atoms. The zero-order valence-corrected chi connectivity index (χ0v) is 15.2. The van der Waals surface area contributed by atoms with Crippen LogP contribution in [0.1, 0.15) is 13.3 Å². The highest BCUT2D eigenvalue weighted by Gasteiger charge is 2.30. The minimum absolute atomic E-state index is 0.323. The molecule has 0 saturated carbocycles. The van der Waals surface area contributed by atoms with Gasteiger partial charge in [-0.3, -0.25) is 14.4 Å². The van der Waals surface area contributed by atoms with E-state index >= 15 is 0 Å². The highest BCUT2D eigenvalue weighted by Crippen LogP contribution is 2.29. The average Bonchev–Trinajstić information content (AvgIpc) is 2.69. The molecule has 2 aromatic carbocycles. The molecule has 146 valence electrons. The molecule has 0 bridgehead atoms. The number of amides is 2. The van der Waals surface area contributed by atoms with E-state index in [-0.39, 0.29) is 6.42 Å². The van der Waals surface area contributed by atoms with E-state index in [2.05, 4.69) is 5.32 Å². The fourth-order valence-electron chi connectivity index (χ4n) is 2.78. The maximum Gasteiger partial charge on any atom is 0.310 e. The number of carbonyl (C=O) groups excluding carboxylic acids is 3. The van der Waals surface area contributed by atoms with Crippen molar-refractivity contribution in [3.05, 3.63) is 54.3 Å². The Balaban J connectivity index is 1.54. The van der Waals surface area contributed by atoms with Gasteiger partial charge in [-0.05, 0) is 43.3 Å². The van der Waals surface area contributed by atoms with Crippen LogP contribution in [0.4, 0.5) is 15.8 Å². The highest BCUT2D eigenvalue weighted by atomic mass is 19.1. The van der Waals surface area contributed by atoms with E-state index < -0.39 is 36.3 Å². The van der Waals surface area contributed by atoms with Crippen molar-refractivity contribution in [1.29, 1.82) is 0 Å². The molecule has 0 unspecified atom stereocenters. The molecule has 2 amide bonds. The number of likely N-dealkylation sites (N-methyl/N-ethyl adjacent to an activating group) is 1. The largest absolute Gasteiger partial charge is 0.478 e. The number of hydrogen-bond acceptors (Lipinski definition) is 5. The lowest BCUT2D eigenvalue weighted by Gasteiger charge is -2.25. The van der Waals surface area contributed by atoms with Crippen LogP contribution in [0.25, 0.3) is 0 Å². The molecule has 0 fully saturated rings. The van der Waals surface area contributed by atoms with Gasteiger partial charge in [0, 0.05) is 12.2 Å². The van der Waals surface area contributed by atoms with Crippen LogP contribution in [0.3, 0.4) is 0 Å². The van der Waals surface area contributed by atoms with Gasteiger partial charge in [0.25, 0.3) is 11.8 Å². The van der Waals surface area contributed by atoms with E-state index in [0.717, 1.165) is 0 Å². The number of nitrogens with one attached hydrogen (secondary N) is 1. The number of rotatable bonds is 6. The first kappa shape index (κ1) is 19.3. The summed E-state index contributed by atoms with van der Waals surface area (Å²) in [6.07, 6.45) is -1.35.